The van der Waals surface area contributed by atoms with Crippen LogP contribution in [-0.2, 0) is 17.1 Å². The zero-order valence-corrected chi connectivity index (χ0v) is 19.9. The first-order valence-corrected chi connectivity index (χ1v) is 12.3. The fourth-order valence-corrected chi connectivity index (χ4v) is 4.75. The predicted molar refractivity (Wildman–Crippen MR) is 123 cm³/mol. The molecule has 0 fully saturated rings. The fraction of sp³-hybridized carbons (Fsp3) is 0.0500. The normalized spacial score (nSPS) is 11.8. The molecule has 5 rings (SSSR count). The highest BCUT2D eigenvalue weighted by Gasteiger charge is 2.29. The molecule has 0 aliphatic heterocycles. The van der Waals surface area contributed by atoms with E-state index in [1.807, 2.05) is 0 Å². The molecule has 5 aromatic rings. The smallest absolute Gasteiger partial charge is 0.241 e. The highest BCUT2D eigenvalue weighted by atomic mass is 35.5. The number of imidazole rings is 1. The number of aryl methyl sites for hydroxylation is 1. The lowest BCUT2D eigenvalue weighted by atomic mass is 10.1. The maximum atomic E-state index is 15.4. The van der Waals surface area contributed by atoms with E-state index in [2.05, 4.69) is 24.3 Å². The predicted octanol–water partition coefficient (Wildman–Crippen LogP) is 3.92. The van der Waals surface area contributed by atoms with Gasteiger partial charge in [-0.05, 0) is 29.7 Å². The van der Waals surface area contributed by atoms with Crippen molar-refractivity contribution in [2.24, 2.45) is 12.2 Å². The van der Waals surface area contributed by atoms with Crippen LogP contribution in [0.2, 0.25) is 5.02 Å². The van der Waals surface area contributed by atoms with Crippen LogP contribution in [0.15, 0.2) is 48.1 Å². The van der Waals surface area contributed by atoms with Crippen molar-refractivity contribution in [3.8, 4) is 33.3 Å². The second-order valence-corrected chi connectivity index (χ2v) is 9.90. The van der Waals surface area contributed by atoms with Crippen LogP contribution in [0.3, 0.4) is 0 Å². The summed E-state index contributed by atoms with van der Waals surface area (Å²) in [5.74, 6) is -3.11. The number of sulfonamides is 1. The topological polar surface area (TPSA) is 139 Å². The van der Waals surface area contributed by atoms with Crippen LogP contribution in [0.5, 0.6) is 11.5 Å². The molecule has 0 unspecified atom stereocenters. The molecule has 0 atom stereocenters. The number of aromatic nitrogens is 6. The molecule has 3 heterocycles. The summed E-state index contributed by atoms with van der Waals surface area (Å²) in [6, 6.07) is 4.88. The van der Waals surface area contributed by atoms with E-state index in [1.54, 1.807) is 17.9 Å². The van der Waals surface area contributed by atoms with Crippen molar-refractivity contribution >= 4 is 44.3 Å². The van der Waals surface area contributed by atoms with Crippen LogP contribution < -0.4 is 9.88 Å². The Labute approximate surface area is 205 Å². The largest absolute Gasteiger partial charge is 0.453 e. The molecule has 0 radical (unpaired) electrons. The molecular formula is C20H12ClF2N7O3S2. The summed E-state index contributed by atoms with van der Waals surface area (Å²) < 4.78 is 65.6. The zero-order valence-electron chi connectivity index (χ0n) is 17.5. The third-order valence-electron chi connectivity index (χ3n) is 4.93. The van der Waals surface area contributed by atoms with Gasteiger partial charge in [0.05, 0.1) is 11.9 Å². The summed E-state index contributed by atoms with van der Waals surface area (Å²) in [6.07, 6.45) is 3.97. The van der Waals surface area contributed by atoms with E-state index in [-0.39, 0.29) is 10.8 Å². The zero-order chi connectivity index (χ0) is 24.9. The van der Waals surface area contributed by atoms with Crippen molar-refractivity contribution in [1.82, 2.24) is 28.9 Å². The van der Waals surface area contributed by atoms with Gasteiger partial charge in [0.1, 0.15) is 34.5 Å². The average Bonchev–Trinajstić information content (AvgIpc) is 3.47. The number of nitrogens with two attached hydrogens (primary N) is 1. The Morgan fingerprint density at radius 1 is 1.11 bits per heavy atom. The molecule has 3 aromatic heterocycles. The van der Waals surface area contributed by atoms with Crippen molar-refractivity contribution in [3.63, 3.8) is 0 Å². The maximum Gasteiger partial charge on any atom is 0.241 e. The first kappa shape index (κ1) is 23.2. The molecule has 35 heavy (non-hydrogen) atoms. The molecule has 10 nitrogen and oxygen atoms in total. The van der Waals surface area contributed by atoms with E-state index in [9.17, 15) is 8.42 Å². The Bertz CT molecular complexity index is 1710. The quantitative estimate of drug-likeness (QED) is 0.357. The van der Waals surface area contributed by atoms with Crippen LogP contribution in [0.1, 0.15) is 0 Å². The Kier molecular flexibility index (Phi) is 5.67. The van der Waals surface area contributed by atoms with Gasteiger partial charge in [-0.1, -0.05) is 11.6 Å². The molecule has 0 spiro atoms. The Morgan fingerprint density at radius 3 is 2.63 bits per heavy atom. The van der Waals surface area contributed by atoms with E-state index >= 15 is 8.78 Å². The first-order chi connectivity index (χ1) is 16.6. The van der Waals surface area contributed by atoms with Gasteiger partial charge in [0.15, 0.2) is 28.0 Å². The number of rotatable bonds is 5. The molecule has 0 amide bonds. The second-order valence-electron chi connectivity index (χ2n) is 7.16. The lowest BCUT2D eigenvalue weighted by Crippen LogP contribution is -2.15. The lowest BCUT2D eigenvalue weighted by molar-refractivity contribution is 0.436. The van der Waals surface area contributed by atoms with Gasteiger partial charge < -0.3 is 9.30 Å². The number of hydrogen-bond acceptors (Lipinski definition) is 9. The van der Waals surface area contributed by atoms with E-state index in [0.717, 1.165) is 6.33 Å². The Morgan fingerprint density at radius 2 is 1.91 bits per heavy atom. The molecule has 0 aliphatic carbocycles. The van der Waals surface area contributed by atoms with Gasteiger partial charge in [-0.25, -0.2) is 42.3 Å². The van der Waals surface area contributed by atoms with Gasteiger partial charge in [0.2, 0.25) is 10.0 Å². The number of primary sulfonamides is 1. The van der Waals surface area contributed by atoms with Gasteiger partial charge >= 0.3 is 0 Å². The van der Waals surface area contributed by atoms with Crippen molar-refractivity contribution in [1.29, 1.82) is 0 Å². The lowest BCUT2D eigenvalue weighted by Gasteiger charge is -2.16. The molecule has 0 aliphatic rings. The number of fused-ring (bicyclic) bond motifs is 1. The van der Waals surface area contributed by atoms with Crippen LogP contribution in [0.4, 0.5) is 8.78 Å². The summed E-state index contributed by atoms with van der Waals surface area (Å²) in [4.78, 5) is 15.6. The minimum Gasteiger partial charge on any atom is -0.453 e. The molecule has 15 heteroatoms. The number of ether oxygens (including phenoxy) is 1. The molecular weight excluding hydrogens is 524 g/mol. The van der Waals surface area contributed by atoms with Crippen molar-refractivity contribution in [3.05, 3.63) is 59.9 Å². The monoisotopic (exact) mass is 535 g/mol. The summed E-state index contributed by atoms with van der Waals surface area (Å²) in [6.45, 7) is 0. The number of hydrogen-bond donors (Lipinski definition) is 1. The van der Waals surface area contributed by atoms with E-state index in [4.69, 9.17) is 21.5 Å². The van der Waals surface area contributed by atoms with Crippen molar-refractivity contribution < 1.29 is 21.9 Å². The summed E-state index contributed by atoms with van der Waals surface area (Å²) in [5, 5.41) is 5.27. The van der Waals surface area contributed by atoms with Gasteiger partial charge in [-0.15, -0.1) is 0 Å². The fourth-order valence-electron chi connectivity index (χ4n) is 3.40. The standard InChI is InChI=1S/C20H12ClF2N7O3S2/c1-30-8-28-17-16(25-6-26-19(17)30)10-4-9(21)2-3-12(10)33-18-11(22)5-13(35(24,31)32)15(23)14(18)20-27-7-29-34-20/h2-8H,1H3,(H2,24,31,32). The third kappa shape index (κ3) is 4.10. The molecule has 2 N–H and O–H groups in total. The Balaban J connectivity index is 1.75. The second kappa shape index (κ2) is 8.57. The van der Waals surface area contributed by atoms with Crippen LogP contribution >= 0.6 is 23.1 Å². The molecule has 0 bridgehead atoms. The van der Waals surface area contributed by atoms with Crippen LogP contribution in [-0.4, -0.2) is 37.3 Å². The van der Waals surface area contributed by atoms with Crippen LogP contribution in [0, 0.1) is 11.6 Å². The van der Waals surface area contributed by atoms with Crippen molar-refractivity contribution in [2.75, 3.05) is 0 Å². The Hall–Kier alpha value is -3.59. The minimum atomic E-state index is -4.60. The summed E-state index contributed by atoms with van der Waals surface area (Å²) >= 11 is 6.92. The van der Waals surface area contributed by atoms with E-state index in [0.29, 0.717) is 45.0 Å². The average molecular weight is 536 g/mol. The SMILES string of the molecule is Cn1cnc2c(-c3cc(Cl)ccc3Oc3c(F)cc(S(N)(=O)=O)c(F)c3-c3ncns3)ncnc21. The molecule has 178 valence electrons. The van der Waals surface area contributed by atoms with Gasteiger partial charge in [0, 0.05) is 23.7 Å². The van der Waals surface area contributed by atoms with Crippen LogP contribution in [0.25, 0.3) is 33.0 Å². The maximum absolute atomic E-state index is 15.4. The van der Waals surface area contributed by atoms with Gasteiger partial charge in [-0.2, -0.15) is 4.37 Å². The van der Waals surface area contributed by atoms with Gasteiger partial charge in [0.25, 0.3) is 0 Å². The van der Waals surface area contributed by atoms with Crippen molar-refractivity contribution in [2.45, 2.75) is 4.90 Å². The first-order valence-electron chi connectivity index (χ1n) is 9.56. The minimum absolute atomic E-state index is 0.0347. The highest BCUT2D eigenvalue weighted by Crippen LogP contribution is 2.43. The van der Waals surface area contributed by atoms with E-state index in [1.165, 1.54) is 24.5 Å². The number of nitrogens with zero attached hydrogens (tertiary/aromatic N) is 6. The molecule has 0 saturated carbocycles. The molecule has 0 saturated heterocycles. The number of benzene rings is 2. The third-order valence-corrected chi connectivity index (χ3v) is 6.75. The summed E-state index contributed by atoms with van der Waals surface area (Å²) in [7, 11) is -2.85. The molecule has 2 aromatic carbocycles. The van der Waals surface area contributed by atoms with Gasteiger partial charge in [-0.3, -0.25) is 0 Å². The van der Waals surface area contributed by atoms with E-state index < -0.39 is 37.9 Å². The highest BCUT2D eigenvalue weighted by molar-refractivity contribution is 7.89. The number of halogens is 3. The summed E-state index contributed by atoms with van der Waals surface area (Å²) in [5.41, 5.74) is 1.02.